The minimum absolute atomic E-state index is 0.0439. The van der Waals surface area contributed by atoms with Crippen LogP contribution in [0.4, 0.5) is 26.3 Å². The predicted octanol–water partition coefficient (Wildman–Crippen LogP) is 2.38. The topological polar surface area (TPSA) is 146 Å². The lowest BCUT2D eigenvalue weighted by molar-refractivity contribution is -0.361. The summed E-state index contributed by atoms with van der Waals surface area (Å²) in [4.78, 5) is 34.9. The van der Waals surface area contributed by atoms with E-state index < -0.39 is 64.6 Å². The van der Waals surface area contributed by atoms with Gasteiger partial charge in [-0.2, -0.15) is 34.8 Å². The van der Waals surface area contributed by atoms with Crippen molar-refractivity contribution in [2.75, 3.05) is 5.75 Å². The molecule has 0 radical (unpaired) electrons. The Balaban J connectivity index is 1.70. The van der Waals surface area contributed by atoms with Gasteiger partial charge >= 0.3 is 35.9 Å². The number of rotatable bonds is 7. The average molecular weight is 494 g/mol. The van der Waals surface area contributed by atoms with E-state index >= 15 is 0 Å². The number of hydrogen-bond donors (Lipinski definition) is 1. The van der Waals surface area contributed by atoms with Crippen LogP contribution in [0, 0.1) is 0 Å². The third kappa shape index (κ3) is 4.04. The molecule has 2 aromatic heterocycles. The van der Waals surface area contributed by atoms with Gasteiger partial charge in [0.25, 0.3) is 10.1 Å². The van der Waals surface area contributed by atoms with Gasteiger partial charge < -0.3 is 18.6 Å². The van der Waals surface area contributed by atoms with Crippen LogP contribution in [0.15, 0.2) is 10.5 Å². The summed E-state index contributed by atoms with van der Waals surface area (Å²) in [5.74, 6) is -8.13. The molecule has 17 heteroatoms. The highest BCUT2D eigenvalue weighted by atomic mass is 32.2. The molecule has 176 valence electrons. The zero-order chi connectivity index (χ0) is 24.3. The number of esters is 3. The van der Waals surface area contributed by atoms with Crippen LogP contribution in [0.25, 0.3) is 11.2 Å². The van der Waals surface area contributed by atoms with Crippen molar-refractivity contribution in [3.63, 3.8) is 0 Å². The Morgan fingerprint density at radius 2 is 1.59 bits per heavy atom. The Morgan fingerprint density at radius 1 is 1.03 bits per heavy atom. The molecule has 0 spiro atoms. The molecule has 0 aromatic carbocycles. The number of alkyl halides is 6. The molecule has 1 aliphatic heterocycles. The first-order valence-corrected chi connectivity index (χ1v) is 9.68. The Hall–Kier alpha value is -3.08. The molecule has 2 bridgehead atoms. The normalized spacial score (nSPS) is 14.7. The molecule has 0 saturated heterocycles. The third-order valence-corrected chi connectivity index (χ3v) is 4.89. The fraction of sp³-hybridized carbons (Fsp3) is 0.400. The summed E-state index contributed by atoms with van der Waals surface area (Å²) in [5, 5.41) is 0. The van der Waals surface area contributed by atoms with E-state index in [9.17, 15) is 49.1 Å². The average Bonchev–Trinajstić information content (AvgIpc) is 3.21. The smallest absolute Gasteiger partial charge is 0.438 e. The van der Waals surface area contributed by atoms with E-state index in [1.807, 2.05) is 0 Å². The molecule has 1 N–H and O–H groups in total. The zero-order valence-electron chi connectivity index (χ0n) is 15.0. The van der Waals surface area contributed by atoms with Crippen molar-refractivity contribution < 1.29 is 72.3 Å². The predicted molar refractivity (Wildman–Crippen MR) is 84.6 cm³/mol. The van der Waals surface area contributed by atoms with Crippen molar-refractivity contribution >= 4 is 39.2 Å². The van der Waals surface area contributed by atoms with Gasteiger partial charge in [0.05, 0.1) is 12.8 Å². The fourth-order valence-electron chi connectivity index (χ4n) is 2.72. The van der Waals surface area contributed by atoms with Gasteiger partial charge in [-0.15, -0.1) is 0 Å². The summed E-state index contributed by atoms with van der Waals surface area (Å²) < 4.78 is 127. The second kappa shape index (κ2) is 7.22. The van der Waals surface area contributed by atoms with Crippen LogP contribution in [0.2, 0.25) is 0 Å². The standard InChI is InChI=1S/C15H8F6O10S/c16-14(17,18)13(15(19,20)21,4-32(25,26)27)31-8(23)2-1-7(22)29-10-6-3-5-9(28-6)11(10)30-12(5)24/h3H,1-2,4H2,(H,25,26,27). The lowest BCUT2D eigenvalue weighted by Gasteiger charge is -2.35. The number of carbonyl (C=O) groups is 3. The monoisotopic (exact) mass is 494 g/mol. The molecule has 0 unspecified atom stereocenters. The van der Waals surface area contributed by atoms with Crippen molar-refractivity contribution in [1.82, 2.24) is 0 Å². The molecule has 0 aliphatic carbocycles. The minimum atomic E-state index is -6.49. The summed E-state index contributed by atoms with van der Waals surface area (Å²) in [6, 6.07) is 1.15. The van der Waals surface area contributed by atoms with Crippen molar-refractivity contribution in [3.05, 3.63) is 11.6 Å². The van der Waals surface area contributed by atoms with E-state index in [4.69, 9.17) is 18.4 Å². The molecular weight excluding hydrogens is 486 g/mol. The first-order valence-electron chi connectivity index (χ1n) is 8.07. The van der Waals surface area contributed by atoms with E-state index in [1.165, 1.54) is 0 Å². The number of ether oxygens (including phenoxy) is 3. The summed E-state index contributed by atoms with van der Waals surface area (Å²) in [7, 11) is -5.94. The number of hydrogen-bond acceptors (Lipinski definition) is 9. The van der Waals surface area contributed by atoms with Gasteiger partial charge in [-0.1, -0.05) is 0 Å². The fourth-order valence-corrected chi connectivity index (χ4v) is 3.62. The van der Waals surface area contributed by atoms with Crippen molar-refractivity contribution in [1.29, 1.82) is 0 Å². The van der Waals surface area contributed by atoms with Gasteiger partial charge in [0, 0.05) is 6.07 Å². The van der Waals surface area contributed by atoms with Crippen LogP contribution in [-0.4, -0.2) is 54.6 Å². The third-order valence-electron chi connectivity index (χ3n) is 4.12. The van der Waals surface area contributed by atoms with Crippen LogP contribution >= 0.6 is 0 Å². The molecule has 0 saturated carbocycles. The molecule has 2 aromatic rings. The van der Waals surface area contributed by atoms with E-state index in [0.29, 0.717) is 0 Å². The molecular formula is C15H8F6O10S. The molecule has 0 amide bonds. The summed E-state index contributed by atoms with van der Waals surface area (Å²) in [6.07, 6.45) is -15.5. The summed E-state index contributed by atoms with van der Waals surface area (Å²) in [6.45, 7) is 0. The van der Waals surface area contributed by atoms with Gasteiger partial charge in [-0.3, -0.25) is 14.1 Å². The van der Waals surface area contributed by atoms with E-state index in [2.05, 4.69) is 4.74 Å². The number of furan rings is 2. The minimum Gasteiger partial charge on any atom is -0.448 e. The quantitative estimate of drug-likeness (QED) is 0.263. The van der Waals surface area contributed by atoms with Crippen molar-refractivity contribution in [2.24, 2.45) is 0 Å². The van der Waals surface area contributed by atoms with Crippen molar-refractivity contribution in [3.8, 4) is 11.5 Å². The van der Waals surface area contributed by atoms with Gasteiger partial charge in [-0.25, -0.2) is 4.79 Å². The highest BCUT2D eigenvalue weighted by molar-refractivity contribution is 7.85. The molecule has 3 heterocycles. The summed E-state index contributed by atoms with van der Waals surface area (Å²) in [5.41, 5.74) is -5.69. The highest BCUT2D eigenvalue weighted by Crippen LogP contribution is 2.49. The van der Waals surface area contributed by atoms with E-state index in [-0.39, 0.29) is 28.2 Å². The molecule has 0 fully saturated rings. The van der Waals surface area contributed by atoms with Crippen LogP contribution in [0.3, 0.4) is 0 Å². The number of halogens is 6. The highest BCUT2D eigenvalue weighted by Gasteiger charge is 2.75. The lowest BCUT2D eigenvalue weighted by atomic mass is 10.1. The molecule has 10 nitrogen and oxygen atoms in total. The SMILES string of the molecule is O=C(CCC(=O)OC(CS(=O)(=O)O)(C(F)(F)F)C(F)(F)F)Oc1c2c3oc1cc3C(=O)O2. The first kappa shape index (κ1) is 23.6. The molecule has 3 rings (SSSR count). The maximum absolute atomic E-state index is 13.1. The Morgan fingerprint density at radius 3 is 2.12 bits per heavy atom. The Bertz CT molecular complexity index is 1180. The number of benzene rings is 1. The molecule has 0 atom stereocenters. The number of carbonyl (C=O) groups excluding carboxylic acids is 3. The van der Waals surface area contributed by atoms with Crippen LogP contribution in [-0.2, 0) is 24.4 Å². The molecule has 32 heavy (non-hydrogen) atoms. The van der Waals surface area contributed by atoms with Crippen molar-refractivity contribution in [2.45, 2.75) is 30.8 Å². The number of fused-ring (bicyclic) bond motifs is 1. The Labute approximate surface area is 172 Å². The second-order valence-electron chi connectivity index (χ2n) is 6.40. The van der Waals surface area contributed by atoms with Crippen LogP contribution < -0.4 is 9.47 Å². The van der Waals surface area contributed by atoms with E-state index in [0.717, 1.165) is 6.07 Å². The largest absolute Gasteiger partial charge is 0.448 e. The lowest BCUT2D eigenvalue weighted by Crippen LogP contribution is -2.63. The summed E-state index contributed by atoms with van der Waals surface area (Å²) >= 11 is 0. The van der Waals surface area contributed by atoms with Crippen LogP contribution in [0.1, 0.15) is 23.2 Å². The maximum Gasteiger partial charge on any atom is 0.438 e. The first-order chi connectivity index (χ1) is 14.5. The molecule has 1 aliphatic rings. The Kier molecular flexibility index (Phi) is 5.32. The van der Waals surface area contributed by atoms with Gasteiger partial charge in [-0.05, 0) is 0 Å². The van der Waals surface area contributed by atoms with Crippen LogP contribution in [0.5, 0.6) is 11.5 Å². The zero-order valence-corrected chi connectivity index (χ0v) is 15.8. The van der Waals surface area contributed by atoms with E-state index in [1.54, 1.807) is 0 Å². The van der Waals surface area contributed by atoms with Gasteiger partial charge in [0.2, 0.25) is 11.5 Å². The second-order valence-corrected chi connectivity index (χ2v) is 7.85. The van der Waals surface area contributed by atoms with Gasteiger partial charge in [0.15, 0.2) is 11.2 Å². The maximum atomic E-state index is 13.1. The van der Waals surface area contributed by atoms with Gasteiger partial charge in [0.1, 0.15) is 11.3 Å².